The van der Waals surface area contributed by atoms with Crippen LogP contribution in [0.25, 0.3) is 11.0 Å². The van der Waals surface area contributed by atoms with E-state index in [0.717, 1.165) is 35.1 Å². The molecule has 0 radical (unpaired) electrons. The van der Waals surface area contributed by atoms with Crippen molar-refractivity contribution in [2.75, 3.05) is 6.54 Å². The lowest BCUT2D eigenvalue weighted by Gasteiger charge is -2.34. The van der Waals surface area contributed by atoms with Gasteiger partial charge in [0.25, 0.3) is 5.91 Å². The topological polar surface area (TPSA) is 80.0 Å². The molecular formula is C22H19F2N5O2. The van der Waals surface area contributed by atoms with Crippen molar-refractivity contribution in [3.8, 4) is 0 Å². The molecule has 1 N–H and O–H groups in total. The molecule has 0 bridgehead atoms. The van der Waals surface area contributed by atoms with Crippen LogP contribution in [0.2, 0.25) is 0 Å². The molecule has 0 spiro atoms. The maximum absolute atomic E-state index is 13.5. The molecule has 0 saturated heterocycles. The quantitative estimate of drug-likeness (QED) is 0.527. The Bertz CT molecular complexity index is 1290. The smallest absolute Gasteiger partial charge is 0.333 e. The Balaban J connectivity index is 1.53. The van der Waals surface area contributed by atoms with Crippen molar-refractivity contribution in [1.29, 1.82) is 0 Å². The summed E-state index contributed by atoms with van der Waals surface area (Å²) >= 11 is 0. The zero-order valence-corrected chi connectivity index (χ0v) is 16.5. The van der Waals surface area contributed by atoms with Crippen LogP contribution in [0.15, 0.2) is 47.3 Å². The van der Waals surface area contributed by atoms with E-state index >= 15 is 0 Å². The number of aromatic nitrogens is 4. The number of H-pyrrole nitrogens is 1. The summed E-state index contributed by atoms with van der Waals surface area (Å²) in [6.07, 6.45) is 5.49. The first-order valence-electron chi connectivity index (χ1n) is 10.3. The number of alkyl halides is 2. The fourth-order valence-corrected chi connectivity index (χ4v) is 4.63. The summed E-state index contributed by atoms with van der Waals surface area (Å²) in [6, 6.07) is 8.56. The molecule has 1 aliphatic heterocycles. The van der Waals surface area contributed by atoms with Crippen molar-refractivity contribution in [3.63, 3.8) is 0 Å². The summed E-state index contributed by atoms with van der Waals surface area (Å²) in [5.74, 6) is 0.526. The van der Waals surface area contributed by atoms with Crippen LogP contribution >= 0.6 is 0 Å². The van der Waals surface area contributed by atoms with Gasteiger partial charge in [0.2, 0.25) is 0 Å². The molecule has 1 unspecified atom stereocenters. The van der Waals surface area contributed by atoms with Gasteiger partial charge in [0, 0.05) is 35.8 Å². The molecule has 2 aliphatic rings. The van der Waals surface area contributed by atoms with Crippen LogP contribution in [-0.4, -0.2) is 37.1 Å². The number of nitrogens with zero attached hydrogens (tertiary/aromatic N) is 4. The van der Waals surface area contributed by atoms with Crippen LogP contribution in [-0.2, 0) is 6.42 Å². The van der Waals surface area contributed by atoms with Crippen LogP contribution in [0.5, 0.6) is 0 Å². The monoisotopic (exact) mass is 423 g/mol. The number of fused-ring (bicyclic) bond motifs is 2. The average molecular weight is 423 g/mol. The first kappa shape index (κ1) is 18.3. The van der Waals surface area contributed by atoms with E-state index in [1.807, 2.05) is 24.3 Å². The molecule has 3 aromatic heterocycles. The Morgan fingerprint density at radius 3 is 2.87 bits per heavy atom. The van der Waals surface area contributed by atoms with Crippen LogP contribution < -0.4 is 0 Å². The highest BCUT2D eigenvalue weighted by Gasteiger charge is 2.42. The number of amides is 1. The molecule has 1 aliphatic carbocycles. The highest BCUT2D eigenvalue weighted by Crippen LogP contribution is 2.50. The van der Waals surface area contributed by atoms with Crippen molar-refractivity contribution in [3.05, 3.63) is 71.3 Å². The Morgan fingerprint density at radius 1 is 1.23 bits per heavy atom. The minimum Gasteiger partial charge on any atom is -0.458 e. The van der Waals surface area contributed by atoms with Crippen LogP contribution in [0.3, 0.4) is 0 Å². The SMILES string of the molecule is O=C(c1ccnn1C(F)F)N1CCc2[nH]cnc2C1c1oc2ccccc2c1C1CC1. The van der Waals surface area contributed by atoms with Gasteiger partial charge in [-0.1, -0.05) is 18.2 Å². The molecule has 31 heavy (non-hydrogen) atoms. The summed E-state index contributed by atoms with van der Waals surface area (Å²) in [4.78, 5) is 22.7. The van der Waals surface area contributed by atoms with Gasteiger partial charge in [-0.25, -0.2) is 4.98 Å². The summed E-state index contributed by atoms with van der Waals surface area (Å²) < 4.78 is 33.6. The van der Waals surface area contributed by atoms with E-state index in [9.17, 15) is 13.6 Å². The lowest BCUT2D eigenvalue weighted by Crippen LogP contribution is -2.41. The van der Waals surface area contributed by atoms with Crippen molar-refractivity contribution in [2.24, 2.45) is 0 Å². The number of imidazole rings is 1. The number of para-hydroxylation sites is 1. The van der Waals surface area contributed by atoms with Crippen LogP contribution in [0, 0.1) is 0 Å². The predicted octanol–water partition coefficient (Wildman–Crippen LogP) is 4.41. The molecule has 1 amide bonds. The Morgan fingerprint density at radius 2 is 2.06 bits per heavy atom. The van der Waals surface area contributed by atoms with Crippen molar-refractivity contribution in [2.45, 2.75) is 37.8 Å². The first-order chi connectivity index (χ1) is 15.1. The number of carbonyl (C=O) groups excluding carboxylic acids is 1. The number of furan rings is 1. The van der Waals surface area contributed by atoms with Gasteiger partial charge in [0.1, 0.15) is 23.1 Å². The van der Waals surface area contributed by atoms with E-state index < -0.39 is 18.5 Å². The lowest BCUT2D eigenvalue weighted by molar-refractivity contribution is 0.0436. The number of carbonyl (C=O) groups is 1. The first-order valence-corrected chi connectivity index (χ1v) is 10.3. The van der Waals surface area contributed by atoms with E-state index in [2.05, 4.69) is 15.1 Å². The zero-order chi connectivity index (χ0) is 21.1. The molecule has 4 aromatic rings. The van der Waals surface area contributed by atoms with Gasteiger partial charge >= 0.3 is 6.55 Å². The van der Waals surface area contributed by atoms with E-state index in [-0.39, 0.29) is 5.69 Å². The summed E-state index contributed by atoms with van der Waals surface area (Å²) in [7, 11) is 0. The maximum Gasteiger partial charge on any atom is 0.333 e. The maximum atomic E-state index is 13.5. The van der Waals surface area contributed by atoms with Gasteiger partial charge in [0.05, 0.1) is 12.0 Å². The molecular weight excluding hydrogens is 404 g/mol. The van der Waals surface area contributed by atoms with Gasteiger partial charge in [-0.05, 0) is 30.9 Å². The second-order valence-corrected chi connectivity index (χ2v) is 8.01. The van der Waals surface area contributed by atoms with E-state index in [4.69, 9.17) is 4.42 Å². The number of aromatic amines is 1. The summed E-state index contributed by atoms with van der Waals surface area (Å²) in [6.45, 7) is -2.54. The van der Waals surface area contributed by atoms with Gasteiger partial charge in [-0.15, -0.1) is 0 Å². The molecule has 158 valence electrons. The van der Waals surface area contributed by atoms with Gasteiger partial charge in [-0.2, -0.15) is 18.6 Å². The molecule has 6 rings (SSSR count). The van der Waals surface area contributed by atoms with Crippen molar-refractivity contribution in [1.82, 2.24) is 24.6 Å². The van der Waals surface area contributed by atoms with E-state index in [1.165, 1.54) is 12.3 Å². The minimum atomic E-state index is -2.90. The van der Waals surface area contributed by atoms with Crippen LogP contribution in [0.4, 0.5) is 8.78 Å². The number of hydrogen-bond donors (Lipinski definition) is 1. The highest BCUT2D eigenvalue weighted by atomic mass is 19.3. The van der Waals surface area contributed by atoms with Crippen molar-refractivity contribution >= 4 is 16.9 Å². The van der Waals surface area contributed by atoms with Gasteiger partial charge in [0.15, 0.2) is 0 Å². The predicted molar refractivity (Wildman–Crippen MR) is 107 cm³/mol. The highest BCUT2D eigenvalue weighted by molar-refractivity contribution is 5.93. The standard InChI is InChI=1S/C22H19F2N5O2/c23-22(24)29-15(7-9-27-29)21(30)28-10-8-14-18(26-11-25-14)19(28)20-17(12-5-6-12)13-3-1-2-4-16(13)31-20/h1-4,7,9,11-12,19,22H,5-6,8,10H2,(H,25,26). The number of halogens is 2. The third kappa shape index (κ3) is 2.79. The van der Waals surface area contributed by atoms with Crippen molar-refractivity contribution < 1.29 is 18.0 Å². The van der Waals surface area contributed by atoms with Gasteiger partial charge < -0.3 is 14.3 Å². The molecule has 1 saturated carbocycles. The third-order valence-electron chi connectivity index (χ3n) is 6.16. The fraction of sp³-hybridized carbons (Fsp3) is 0.318. The Hall–Kier alpha value is -3.49. The minimum absolute atomic E-state index is 0.150. The number of benzene rings is 1. The normalized spacial score (nSPS) is 18.7. The van der Waals surface area contributed by atoms with E-state index in [1.54, 1.807) is 11.2 Å². The zero-order valence-electron chi connectivity index (χ0n) is 16.5. The fourth-order valence-electron chi connectivity index (χ4n) is 4.63. The molecule has 1 aromatic carbocycles. The Kier molecular flexibility index (Phi) is 3.99. The molecule has 7 nitrogen and oxygen atoms in total. The number of rotatable bonds is 4. The lowest BCUT2D eigenvalue weighted by atomic mass is 9.95. The average Bonchev–Trinajstić information content (AvgIpc) is 3.20. The molecule has 1 fully saturated rings. The third-order valence-corrected chi connectivity index (χ3v) is 6.16. The molecule has 4 heterocycles. The summed E-state index contributed by atoms with van der Waals surface area (Å²) in [5, 5.41) is 4.66. The number of nitrogens with one attached hydrogen (secondary N) is 1. The van der Waals surface area contributed by atoms with Crippen LogP contribution in [0.1, 0.15) is 64.6 Å². The van der Waals surface area contributed by atoms with Gasteiger partial charge in [-0.3, -0.25) is 4.79 Å². The largest absolute Gasteiger partial charge is 0.458 e. The molecule has 9 heteroatoms. The van der Waals surface area contributed by atoms with E-state index in [0.29, 0.717) is 35.0 Å². The second-order valence-electron chi connectivity index (χ2n) is 8.01. The Labute approximate surface area is 175 Å². The second kappa shape index (κ2) is 6.76. The summed E-state index contributed by atoms with van der Waals surface area (Å²) in [5.41, 5.74) is 3.33. The molecule has 1 atom stereocenters. The number of hydrogen-bond acceptors (Lipinski definition) is 4.